The summed E-state index contributed by atoms with van der Waals surface area (Å²) in [6.45, 7) is 2.14. The fourth-order valence-electron chi connectivity index (χ4n) is 3.55. The summed E-state index contributed by atoms with van der Waals surface area (Å²) in [6.07, 6.45) is 6.13. The van der Waals surface area contributed by atoms with E-state index in [4.69, 9.17) is 4.98 Å². The summed E-state index contributed by atoms with van der Waals surface area (Å²) >= 11 is 1.63. The zero-order valence-corrected chi connectivity index (χ0v) is 15.2. The van der Waals surface area contributed by atoms with Crippen LogP contribution < -0.4 is 5.32 Å². The first-order valence-corrected chi connectivity index (χ1v) is 9.74. The van der Waals surface area contributed by atoms with Crippen LogP contribution in [-0.4, -0.2) is 15.0 Å². The fraction of sp³-hybridized carbons (Fsp3) is 0.350. The number of hydrogen-bond acceptors (Lipinski definition) is 5. The highest BCUT2D eigenvalue weighted by molar-refractivity contribution is 7.07. The zero-order chi connectivity index (χ0) is 17.1. The van der Waals surface area contributed by atoms with Crippen LogP contribution in [0.15, 0.2) is 47.4 Å². The largest absolute Gasteiger partial charge is 0.300 e. The monoisotopic (exact) mass is 350 g/mol. The molecule has 1 fully saturated rings. The maximum atomic E-state index is 4.90. The number of piperidine rings is 1. The Morgan fingerprint density at radius 2 is 2.00 bits per heavy atom. The molecule has 4 nitrogen and oxygen atoms in total. The van der Waals surface area contributed by atoms with Gasteiger partial charge in [-0.05, 0) is 49.9 Å². The molecule has 1 aliphatic rings. The number of nitrogens with zero attached hydrogens (tertiary/aromatic N) is 3. The predicted octanol–water partition coefficient (Wildman–Crippen LogP) is 4.39. The van der Waals surface area contributed by atoms with Crippen molar-refractivity contribution in [3.63, 3.8) is 0 Å². The Morgan fingerprint density at radius 1 is 1.08 bits per heavy atom. The normalized spacial score (nSPS) is 20.5. The zero-order valence-electron chi connectivity index (χ0n) is 14.4. The Balaban J connectivity index is 1.52. The summed E-state index contributed by atoms with van der Waals surface area (Å²) in [7, 11) is 0. The van der Waals surface area contributed by atoms with Crippen molar-refractivity contribution >= 4 is 11.3 Å². The molecule has 5 heteroatoms. The average Bonchev–Trinajstić information content (AvgIpc) is 3.15. The lowest BCUT2D eigenvalue weighted by Gasteiger charge is -2.31. The molecule has 4 heterocycles. The van der Waals surface area contributed by atoms with Gasteiger partial charge in [0.2, 0.25) is 0 Å². The fourth-order valence-corrected chi connectivity index (χ4v) is 4.11. The van der Waals surface area contributed by atoms with Crippen LogP contribution in [0.1, 0.15) is 59.7 Å². The molecule has 1 saturated heterocycles. The van der Waals surface area contributed by atoms with Crippen LogP contribution in [0.4, 0.5) is 0 Å². The van der Waals surface area contributed by atoms with E-state index >= 15 is 0 Å². The van der Waals surface area contributed by atoms with Gasteiger partial charge in [0.15, 0.2) is 0 Å². The first-order chi connectivity index (χ1) is 12.3. The molecule has 0 bridgehead atoms. The van der Waals surface area contributed by atoms with Gasteiger partial charge in [-0.2, -0.15) is 0 Å². The van der Waals surface area contributed by atoms with E-state index in [1.54, 1.807) is 11.3 Å². The van der Waals surface area contributed by atoms with E-state index in [9.17, 15) is 0 Å². The number of aryl methyl sites for hydroxylation is 1. The van der Waals surface area contributed by atoms with Gasteiger partial charge in [0, 0.05) is 29.7 Å². The van der Waals surface area contributed by atoms with Crippen molar-refractivity contribution < 1.29 is 0 Å². The van der Waals surface area contributed by atoms with Crippen LogP contribution in [0, 0.1) is 6.92 Å². The molecule has 0 saturated carbocycles. The van der Waals surface area contributed by atoms with Gasteiger partial charge in [-0.3, -0.25) is 9.97 Å². The third-order valence-electron chi connectivity index (χ3n) is 4.80. The van der Waals surface area contributed by atoms with Gasteiger partial charge >= 0.3 is 0 Å². The summed E-state index contributed by atoms with van der Waals surface area (Å²) in [5.74, 6) is 0. The summed E-state index contributed by atoms with van der Waals surface area (Å²) in [6, 6.07) is 11.1. The van der Waals surface area contributed by atoms with Gasteiger partial charge < -0.3 is 5.32 Å². The highest BCUT2D eigenvalue weighted by Crippen LogP contribution is 2.32. The lowest BCUT2D eigenvalue weighted by Crippen LogP contribution is -2.32. The quantitative estimate of drug-likeness (QED) is 0.758. The van der Waals surface area contributed by atoms with Crippen LogP contribution >= 0.6 is 11.3 Å². The molecule has 0 unspecified atom stereocenters. The van der Waals surface area contributed by atoms with Crippen molar-refractivity contribution in [3.05, 3.63) is 75.8 Å². The highest BCUT2D eigenvalue weighted by Gasteiger charge is 2.26. The van der Waals surface area contributed by atoms with Crippen molar-refractivity contribution in [3.8, 4) is 0 Å². The molecule has 0 aliphatic carbocycles. The third kappa shape index (κ3) is 3.78. The number of pyridine rings is 2. The molecular formula is C20H22N4S. The average molecular weight is 350 g/mol. The van der Waals surface area contributed by atoms with Crippen molar-refractivity contribution in [1.82, 2.24) is 20.3 Å². The first kappa shape index (κ1) is 16.4. The van der Waals surface area contributed by atoms with Gasteiger partial charge in [-0.1, -0.05) is 12.1 Å². The number of hydrogen-bond donors (Lipinski definition) is 1. The van der Waals surface area contributed by atoms with E-state index in [1.165, 1.54) is 17.7 Å². The maximum Gasteiger partial charge on any atom is 0.0794 e. The maximum absolute atomic E-state index is 4.90. The Labute approximate surface area is 152 Å². The summed E-state index contributed by atoms with van der Waals surface area (Å²) in [5, 5.41) is 5.86. The van der Waals surface area contributed by atoms with Crippen molar-refractivity contribution in [2.75, 3.05) is 0 Å². The minimum Gasteiger partial charge on any atom is -0.300 e. The molecule has 4 rings (SSSR count). The van der Waals surface area contributed by atoms with Crippen molar-refractivity contribution in [2.45, 2.75) is 44.7 Å². The Hall–Kier alpha value is -2.11. The van der Waals surface area contributed by atoms with E-state index < -0.39 is 0 Å². The predicted molar refractivity (Wildman–Crippen MR) is 101 cm³/mol. The molecule has 128 valence electrons. The van der Waals surface area contributed by atoms with Gasteiger partial charge in [-0.25, -0.2) is 4.98 Å². The molecule has 1 N–H and O–H groups in total. The number of rotatable bonds is 4. The Kier molecular flexibility index (Phi) is 4.85. The molecule has 2 atom stereocenters. The van der Waals surface area contributed by atoms with Gasteiger partial charge in [0.1, 0.15) is 0 Å². The van der Waals surface area contributed by atoms with E-state index in [0.717, 1.165) is 36.3 Å². The van der Waals surface area contributed by atoms with Crippen molar-refractivity contribution in [2.24, 2.45) is 0 Å². The van der Waals surface area contributed by atoms with Gasteiger partial charge in [-0.15, -0.1) is 11.3 Å². The number of aromatic nitrogens is 3. The molecular weight excluding hydrogens is 328 g/mol. The van der Waals surface area contributed by atoms with E-state index in [2.05, 4.69) is 51.9 Å². The molecule has 0 spiro atoms. The van der Waals surface area contributed by atoms with E-state index in [0.29, 0.717) is 6.04 Å². The van der Waals surface area contributed by atoms with E-state index in [-0.39, 0.29) is 6.04 Å². The lowest BCUT2D eigenvalue weighted by molar-refractivity contribution is 0.320. The van der Waals surface area contributed by atoms with Crippen LogP contribution in [0.5, 0.6) is 0 Å². The van der Waals surface area contributed by atoms with E-state index in [1.807, 2.05) is 17.8 Å². The minimum absolute atomic E-state index is 0.288. The topological polar surface area (TPSA) is 50.7 Å². The second-order valence-corrected chi connectivity index (χ2v) is 7.34. The van der Waals surface area contributed by atoms with Gasteiger partial charge in [0.25, 0.3) is 0 Å². The van der Waals surface area contributed by atoms with Crippen LogP contribution in [0.25, 0.3) is 0 Å². The SMILES string of the molecule is Cc1cccnc1[C@@H]1CCC[C@H](c2cccc(Cc3cscn3)n2)N1. The highest BCUT2D eigenvalue weighted by atomic mass is 32.1. The second-order valence-electron chi connectivity index (χ2n) is 6.62. The Morgan fingerprint density at radius 3 is 2.84 bits per heavy atom. The van der Waals surface area contributed by atoms with Crippen LogP contribution in [0.3, 0.4) is 0 Å². The summed E-state index contributed by atoms with van der Waals surface area (Å²) in [4.78, 5) is 13.9. The standard InChI is InChI=1S/C20H22N4S/c1-14-5-4-10-21-20(14)19-9-3-8-18(24-19)17-7-2-6-15(23-17)11-16-12-25-13-22-16/h2,4-7,10,12-13,18-19,24H,3,8-9,11H2,1H3/t18-,19+/m1/s1. The number of thiazole rings is 1. The molecule has 0 aromatic carbocycles. The van der Waals surface area contributed by atoms with Crippen molar-refractivity contribution in [1.29, 1.82) is 0 Å². The Bertz CT molecular complexity index is 831. The first-order valence-electron chi connectivity index (χ1n) is 8.80. The second kappa shape index (κ2) is 7.42. The molecule has 0 amide bonds. The molecule has 3 aromatic rings. The van der Waals surface area contributed by atoms with Crippen LogP contribution in [-0.2, 0) is 6.42 Å². The van der Waals surface area contributed by atoms with Crippen LogP contribution in [0.2, 0.25) is 0 Å². The minimum atomic E-state index is 0.288. The summed E-state index contributed by atoms with van der Waals surface area (Å²) in [5.41, 5.74) is 7.61. The third-order valence-corrected chi connectivity index (χ3v) is 5.43. The molecule has 0 radical (unpaired) electrons. The number of nitrogens with one attached hydrogen (secondary N) is 1. The molecule has 1 aliphatic heterocycles. The lowest BCUT2D eigenvalue weighted by atomic mass is 9.92. The smallest absolute Gasteiger partial charge is 0.0794 e. The molecule has 25 heavy (non-hydrogen) atoms. The van der Waals surface area contributed by atoms with Gasteiger partial charge in [0.05, 0.1) is 28.6 Å². The molecule has 3 aromatic heterocycles. The summed E-state index contributed by atoms with van der Waals surface area (Å²) < 4.78 is 0.